The van der Waals surface area contributed by atoms with Crippen LogP contribution in [0.3, 0.4) is 0 Å². The van der Waals surface area contributed by atoms with Crippen molar-refractivity contribution in [1.29, 1.82) is 0 Å². The van der Waals surface area contributed by atoms with Crippen LogP contribution in [0.5, 0.6) is 11.5 Å². The number of anilines is 2. The number of rotatable bonds is 7. The number of amides is 1. The average molecular weight is 484 g/mol. The van der Waals surface area contributed by atoms with Crippen molar-refractivity contribution in [3.05, 3.63) is 71.8 Å². The summed E-state index contributed by atoms with van der Waals surface area (Å²) in [7, 11) is -1.06. The van der Waals surface area contributed by atoms with Gasteiger partial charge < -0.3 is 9.47 Å². The van der Waals surface area contributed by atoms with Crippen molar-refractivity contribution < 1.29 is 22.7 Å². The fraction of sp³-hybridized carbons (Fsp3) is 0.130. The van der Waals surface area contributed by atoms with E-state index in [-0.39, 0.29) is 16.2 Å². The molecule has 0 fully saturated rings. The molecule has 0 atom stereocenters. The number of methoxy groups -OCH3 is 2. The monoisotopic (exact) mass is 483 g/mol. The first-order valence-electron chi connectivity index (χ1n) is 9.82. The van der Waals surface area contributed by atoms with Crippen molar-refractivity contribution in [3.8, 4) is 11.5 Å². The molecular weight excluding hydrogens is 462 g/mol. The maximum Gasteiger partial charge on any atom is 0.265 e. The summed E-state index contributed by atoms with van der Waals surface area (Å²) in [5.41, 5.74) is 2.28. The quantitative estimate of drug-likeness (QED) is 0.395. The predicted octanol–water partition coefficient (Wildman–Crippen LogP) is 4.68. The van der Waals surface area contributed by atoms with Gasteiger partial charge in [0.1, 0.15) is 16.4 Å². The fourth-order valence-electron chi connectivity index (χ4n) is 3.11. The Morgan fingerprint density at radius 1 is 0.970 bits per heavy atom. The number of aryl methyl sites for hydroxylation is 1. The first kappa shape index (κ1) is 22.6. The number of ether oxygens (including phenoxy) is 2. The number of thiazole rings is 1. The van der Waals surface area contributed by atoms with E-state index in [0.717, 1.165) is 15.8 Å². The Labute approximate surface area is 195 Å². The third kappa shape index (κ3) is 4.91. The molecule has 1 aromatic heterocycles. The summed E-state index contributed by atoms with van der Waals surface area (Å²) < 4.78 is 39.9. The molecule has 170 valence electrons. The predicted molar refractivity (Wildman–Crippen MR) is 129 cm³/mol. The van der Waals surface area contributed by atoms with E-state index in [2.05, 4.69) is 15.0 Å². The summed E-state index contributed by atoms with van der Waals surface area (Å²) in [6.45, 7) is 1.91. The summed E-state index contributed by atoms with van der Waals surface area (Å²) in [6, 6.07) is 16.6. The van der Waals surface area contributed by atoms with Crippen molar-refractivity contribution in [2.75, 3.05) is 24.3 Å². The number of fused-ring (bicyclic) bond motifs is 1. The smallest absolute Gasteiger partial charge is 0.265 e. The molecular formula is C23H21N3O5S2. The normalized spacial score (nSPS) is 11.2. The number of carbonyl (C=O) groups excluding carboxylic acids is 1. The number of sulfonamides is 1. The second kappa shape index (κ2) is 9.08. The van der Waals surface area contributed by atoms with Crippen molar-refractivity contribution in [2.45, 2.75) is 11.8 Å². The molecule has 33 heavy (non-hydrogen) atoms. The maximum atomic E-state index is 13.0. The van der Waals surface area contributed by atoms with Crippen molar-refractivity contribution in [3.63, 3.8) is 0 Å². The van der Waals surface area contributed by atoms with Crippen LogP contribution in [0.15, 0.2) is 65.6 Å². The third-order valence-corrected chi connectivity index (χ3v) is 7.17. The number of hydrogen-bond donors (Lipinski definition) is 2. The van der Waals surface area contributed by atoms with E-state index >= 15 is 0 Å². The summed E-state index contributed by atoms with van der Waals surface area (Å²) >= 11 is 1.29. The van der Waals surface area contributed by atoms with Gasteiger partial charge in [-0.15, -0.1) is 0 Å². The van der Waals surface area contributed by atoms with E-state index in [1.807, 2.05) is 13.0 Å². The second-order valence-corrected chi connectivity index (χ2v) is 9.83. The average Bonchev–Trinajstić information content (AvgIpc) is 3.21. The van der Waals surface area contributed by atoms with Gasteiger partial charge in [-0.3, -0.25) is 14.8 Å². The number of aromatic nitrogens is 1. The summed E-state index contributed by atoms with van der Waals surface area (Å²) in [5, 5.41) is 3.12. The fourth-order valence-corrected chi connectivity index (χ4v) is 5.26. The molecule has 0 spiro atoms. The third-order valence-electron chi connectivity index (χ3n) is 4.84. The molecule has 3 aromatic carbocycles. The van der Waals surface area contributed by atoms with Crippen LogP contribution >= 0.6 is 11.3 Å². The number of nitrogens with zero attached hydrogens (tertiary/aromatic N) is 1. The van der Waals surface area contributed by atoms with Gasteiger partial charge in [0.25, 0.3) is 15.9 Å². The Balaban J connectivity index is 1.61. The molecule has 0 saturated heterocycles. The molecule has 10 heteroatoms. The molecule has 0 radical (unpaired) electrons. The van der Waals surface area contributed by atoms with E-state index in [0.29, 0.717) is 16.6 Å². The topological polar surface area (TPSA) is 107 Å². The molecule has 1 heterocycles. The van der Waals surface area contributed by atoms with E-state index in [1.54, 1.807) is 43.5 Å². The van der Waals surface area contributed by atoms with Crippen LogP contribution in [0.1, 0.15) is 15.9 Å². The number of carbonyl (C=O) groups is 1. The molecule has 1 amide bonds. The zero-order chi connectivity index (χ0) is 23.6. The van der Waals surface area contributed by atoms with Gasteiger partial charge in [0.2, 0.25) is 0 Å². The second-order valence-electron chi connectivity index (χ2n) is 7.14. The van der Waals surface area contributed by atoms with Crippen molar-refractivity contribution >= 4 is 48.3 Å². The zero-order valence-corrected chi connectivity index (χ0v) is 19.7. The lowest BCUT2D eigenvalue weighted by molar-refractivity contribution is 0.102. The standard InChI is InChI=1S/C23H21N3O5S2/c1-14-4-7-16(8-5-14)26-33(28,29)21-12-15(6-11-19(21)31-3)22(27)25-23-24-18-10-9-17(30-2)13-20(18)32-23/h4-13,26H,1-3H3,(H,24,25,27). The van der Waals surface area contributed by atoms with Crippen LogP contribution in [0.2, 0.25) is 0 Å². The Morgan fingerprint density at radius 2 is 1.73 bits per heavy atom. The SMILES string of the molecule is COc1ccc2nc(NC(=O)c3ccc(OC)c(S(=O)(=O)Nc4ccc(C)cc4)c3)sc2c1. The van der Waals surface area contributed by atoms with Crippen LogP contribution in [0.4, 0.5) is 10.8 Å². The highest BCUT2D eigenvalue weighted by molar-refractivity contribution is 7.92. The Kier molecular flexibility index (Phi) is 6.21. The first-order valence-corrected chi connectivity index (χ1v) is 12.1. The minimum atomic E-state index is -4.01. The Bertz CT molecular complexity index is 1430. The lowest BCUT2D eigenvalue weighted by Gasteiger charge is -2.13. The van der Waals surface area contributed by atoms with E-state index in [4.69, 9.17) is 9.47 Å². The highest BCUT2D eigenvalue weighted by atomic mass is 32.2. The maximum absolute atomic E-state index is 13.0. The van der Waals surface area contributed by atoms with Gasteiger partial charge in [0.15, 0.2) is 5.13 Å². The lowest BCUT2D eigenvalue weighted by atomic mass is 10.2. The largest absolute Gasteiger partial charge is 0.497 e. The van der Waals surface area contributed by atoms with Gasteiger partial charge in [-0.05, 0) is 55.5 Å². The summed E-state index contributed by atoms with van der Waals surface area (Å²) in [4.78, 5) is 17.1. The van der Waals surface area contributed by atoms with Crippen LogP contribution in [0.25, 0.3) is 10.2 Å². The number of nitrogens with one attached hydrogen (secondary N) is 2. The minimum Gasteiger partial charge on any atom is -0.497 e. The van der Waals surface area contributed by atoms with E-state index in [1.165, 1.54) is 36.6 Å². The van der Waals surface area contributed by atoms with Gasteiger partial charge in [-0.1, -0.05) is 29.0 Å². The Hall–Kier alpha value is -3.63. The van der Waals surface area contributed by atoms with Gasteiger partial charge in [0.05, 0.1) is 24.4 Å². The lowest BCUT2D eigenvalue weighted by Crippen LogP contribution is -2.17. The molecule has 2 N–H and O–H groups in total. The molecule has 0 aliphatic rings. The van der Waals surface area contributed by atoms with E-state index < -0.39 is 15.9 Å². The zero-order valence-electron chi connectivity index (χ0n) is 18.1. The molecule has 0 unspecified atom stereocenters. The number of hydrogen-bond acceptors (Lipinski definition) is 7. The van der Waals surface area contributed by atoms with Gasteiger partial charge >= 0.3 is 0 Å². The molecule has 0 saturated carbocycles. The molecule has 4 rings (SSSR count). The van der Waals surface area contributed by atoms with Gasteiger partial charge in [-0.2, -0.15) is 0 Å². The first-order chi connectivity index (χ1) is 15.8. The van der Waals surface area contributed by atoms with Crippen molar-refractivity contribution in [2.24, 2.45) is 0 Å². The van der Waals surface area contributed by atoms with Crippen LogP contribution in [0, 0.1) is 6.92 Å². The minimum absolute atomic E-state index is 0.123. The molecule has 4 aromatic rings. The van der Waals surface area contributed by atoms with Gasteiger partial charge in [-0.25, -0.2) is 13.4 Å². The van der Waals surface area contributed by atoms with Crippen LogP contribution in [-0.4, -0.2) is 33.5 Å². The highest BCUT2D eigenvalue weighted by Gasteiger charge is 2.22. The number of benzene rings is 3. The van der Waals surface area contributed by atoms with Gasteiger partial charge in [0, 0.05) is 11.3 Å². The molecule has 8 nitrogen and oxygen atoms in total. The van der Waals surface area contributed by atoms with E-state index in [9.17, 15) is 13.2 Å². The molecule has 0 aliphatic heterocycles. The summed E-state index contributed by atoms with van der Waals surface area (Å²) in [5.74, 6) is 0.323. The summed E-state index contributed by atoms with van der Waals surface area (Å²) in [6.07, 6.45) is 0. The van der Waals surface area contributed by atoms with Crippen molar-refractivity contribution in [1.82, 2.24) is 4.98 Å². The Morgan fingerprint density at radius 3 is 2.42 bits per heavy atom. The highest BCUT2D eigenvalue weighted by Crippen LogP contribution is 2.31. The van der Waals surface area contributed by atoms with Crippen LogP contribution in [-0.2, 0) is 10.0 Å². The molecule has 0 aliphatic carbocycles. The van der Waals surface area contributed by atoms with Crippen LogP contribution < -0.4 is 19.5 Å². The molecule has 0 bridgehead atoms.